The van der Waals surface area contributed by atoms with E-state index in [1.165, 1.54) is 38.5 Å². The minimum atomic E-state index is -0.812. The third-order valence-corrected chi connectivity index (χ3v) is 3.26. The number of carbonyl (C=O) groups excluding carboxylic acids is 1. The number of hydrogen-bond donors (Lipinski definition) is 1. The maximum atomic E-state index is 12.4. The second kappa shape index (κ2) is 7.25. The first kappa shape index (κ1) is 17.7. The molecule has 0 saturated carbocycles. The molecule has 2 aromatic carbocycles. The van der Waals surface area contributed by atoms with E-state index in [1.807, 2.05) is 0 Å². The summed E-state index contributed by atoms with van der Waals surface area (Å²) < 4.78 is 10.0. The summed E-state index contributed by atoms with van der Waals surface area (Å²) in [4.78, 5) is 33.1. The number of nitrogens with zero attached hydrogens (tertiary/aromatic N) is 2. The van der Waals surface area contributed by atoms with Crippen molar-refractivity contribution in [2.45, 2.75) is 0 Å². The van der Waals surface area contributed by atoms with Gasteiger partial charge in [0.2, 0.25) is 0 Å². The molecule has 0 aliphatic rings. The maximum absolute atomic E-state index is 12.4. The molecule has 2 aromatic rings. The van der Waals surface area contributed by atoms with Gasteiger partial charge >= 0.3 is 0 Å². The molecule has 10 heteroatoms. The first-order valence-electron chi connectivity index (χ1n) is 6.83. The van der Waals surface area contributed by atoms with Crippen LogP contribution >= 0.6 is 0 Å². The van der Waals surface area contributed by atoms with Crippen molar-refractivity contribution in [3.8, 4) is 11.5 Å². The van der Waals surface area contributed by atoms with E-state index in [9.17, 15) is 25.0 Å². The molecule has 0 atom stereocenters. The van der Waals surface area contributed by atoms with Crippen molar-refractivity contribution in [3.05, 3.63) is 62.2 Å². The average Bonchev–Trinajstić information content (AvgIpc) is 2.60. The van der Waals surface area contributed by atoms with Crippen LogP contribution in [0.15, 0.2) is 36.4 Å². The highest BCUT2D eigenvalue weighted by Gasteiger charge is 2.25. The number of ether oxygens (including phenoxy) is 2. The molecule has 130 valence electrons. The Kier molecular flexibility index (Phi) is 5.12. The van der Waals surface area contributed by atoms with Crippen molar-refractivity contribution >= 4 is 23.0 Å². The van der Waals surface area contributed by atoms with Crippen LogP contribution in [-0.2, 0) is 0 Å². The zero-order valence-electron chi connectivity index (χ0n) is 13.2. The fourth-order valence-corrected chi connectivity index (χ4v) is 2.10. The number of rotatable bonds is 6. The molecular weight excluding hydrogens is 334 g/mol. The highest BCUT2D eigenvalue weighted by Crippen LogP contribution is 2.34. The van der Waals surface area contributed by atoms with Gasteiger partial charge in [0.05, 0.1) is 30.1 Å². The van der Waals surface area contributed by atoms with E-state index < -0.39 is 21.4 Å². The van der Waals surface area contributed by atoms with Crippen molar-refractivity contribution in [2.24, 2.45) is 0 Å². The number of carbonyl (C=O) groups is 1. The van der Waals surface area contributed by atoms with E-state index in [2.05, 4.69) is 5.32 Å². The standard InChI is InChI=1S/C15H13N3O7/c1-24-13-7-11(12(18(22)23)8-14(13)25-2)15(19)16-9-4-3-5-10(6-9)17(20)21/h3-8H,1-2H3,(H,16,19). The van der Waals surface area contributed by atoms with Crippen LogP contribution in [0.2, 0.25) is 0 Å². The van der Waals surface area contributed by atoms with E-state index in [0.29, 0.717) is 0 Å². The quantitative estimate of drug-likeness (QED) is 0.627. The Bertz CT molecular complexity index is 851. The number of benzene rings is 2. The van der Waals surface area contributed by atoms with Crippen molar-refractivity contribution in [1.82, 2.24) is 0 Å². The minimum absolute atomic E-state index is 0.0982. The van der Waals surface area contributed by atoms with Crippen LogP contribution in [0.1, 0.15) is 10.4 Å². The van der Waals surface area contributed by atoms with Crippen LogP contribution in [0.5, 0.6) is 11.5 Å². The number of nitro benzene ring substituents is 2. The van der Waals surface area contributed by atoms with Gasteiger partial charge in [-0.05, 0) is 6.07 Å². The van der Waals surface area contributed by atoms with E-state index >= 15 is 0 Å². The monoisotopic (exact) mass is 347 g/mol. The predicted molar refractivity (Wildman–Crippen MR) is 87.2 cm³/mol. The van der Waals surface area contributed by atoms with Gasteiger partial charge in [-0.3, -0.25) is 25.0 Å². The number of anilines is 1. The van der Waals surface area contributed by atoms with Gasteiger partial charge < -0.3 is 14.8 Å². The summed E-state index contributed by atoms with van der Waals surface area (Å²) >= 11 is 0. The number of nitro groups is 2. The highest BCUT2D eigenvalue weighted by atomic mass is 16.6. The lowest BCUT2D eigenvalue weighted by atomic mass is 10.1. The summed E-state index contributed by atoms with van der Waals surface area (Å²) in [5.41, 5.74) is -0.849. The zero-order valence-corrected chi connectivity index (χ0v) is 13.2. The van der Waals surface area contributed by atoms with Crippen LogP contribution < -0.4 is 14.8 Å². The van der Waals surface area contributed by atoms with Gasteiger partial charge in [-0.2, -0.15) is 0 Å². The van der Waals surface area contributed by atoms with Gasteiger partial charge in [-0.1, -0.05) is 6.07 Å². The van der Waals surface area contributed by atoms with Gasteiger partial charge in [0.25, 0.3) is 17.3 Å². The Labute approximate surface area is 141 Å². The van der Waals surface area contributed by atoms with Crippen LogP contribution in [0.25, 0.3) is 0 Å². The fourth-order valence-electron chi connectivity index (χ4n) is 2.10. The molecule has 10 nitrogen and oxygen atoms in total. The number of amides is 1. The molecular formula is C15H13N3O7. The van der Waals surface area contributed by atoms with Crippen molar-refractivity contribution in [3.63, 3.8) is 0 Å². The van der Waals surface area contributed by atoms with Gasteiger partial charge in [-0.15, -0.1) is 0 Å². The Hall–Kier alpha value is -3.69. The summed E-state index contributed by atoms with van der Waals surface area (Å²) in [7, 11) is 2.64. The number of hydrogen-bond acceptors (Lipinski definition) is 7. The Morgan fingerprint density at radius 2 is 1.64 bits per heavy atom. The minimum Gasteiger partial charge on any atom is -0.493 e. The summed E-state index contributed by atoms with van der Waals surface area (Å²) in [6.45, 7) is 0. The van der Waals surface area contributed by atoms with Gasteiger partial charge in [0, 0.05) is 23.9 Å². The first-order chi connectivity index (χ1) is 11.9. The molecule has 0 radical (unpaired) electrons. The zero-order chi connectivity index (χ0) is 18.6. The van der Waals surface area contributed by atoms with Crippen LogP contribution in [0.4, 0.5) is 17.1 Å². The van der Waals surface area contributed by atoms with Gasteiger partial charge in [0.1, 0.15) is 5.56 Å². The molecule has 0 saturated heterocycles. The van der Waals surface area contributed by atoms with E-state index in [1.54, 1.807) is 0 Å². The van der Waals surface area contributed by atoms with Crippen molar-refractivity contribution < 1.29 is 24.1 Å². The Morgan fingerprint density at radius 1 is 1.00 bits per heavy atom. The van der Waals surface area contributed by atoms with Gasteiger partial charge in [-0.25, -0.2) is 0 Å². The second-order valence-corrected chi connectivity index (χ2v) is 4.74. The SMILES string of the molecule is COc1cc(C(=O)Nc2cccc([N+](=O)[O-])c2)c([N+](=O)[O-])cc1OC. The number of non-ortho nitro benzene ring substituents is 1. The molecule has 0 aromatic heterocycles. The number of nitrogens with one attached hydrogen (secondary N) is 1. The van der Waals surface area contributed by atoms with Crippen LogP contribution in [-0.4, -0.2) is 30.0 Å². The average molecular weight is 347 g/mol. The van der Waals surface area contributed by atoms with E-state index in [0.717, 1.165) is 12.1 Å². The second-order valence-electron chi connectivity index (χ2n) is 4.74. The summed E-state index contributed by atoms with van der Waals surface area (Å²) in [6, 6.07) is 7.46. The molecule has 0 spiro atoms. The van der Waals surface area contributed by atoms with Crippen molar-refractivity contribution in [1.29, 1.82) is 0 Å². The molecule has 2 rings (SSSR count). The lowest BCUT2D eigenvalue weighted by Crippen LogP contribution is -2.14. The predicted octanol–water partition coefficient (Wildman–Crippen LogP) is 2.77. The molecule has 0 unspecified atom stereocenters. The van der Waals surface area contributed by atoms with Gasteiger partial charge in [0.15, 0.2) is 11.5 Å². The van der Waals surface area contributed by atoms with E-state index in [-0.39, 0.29) is 28.4 Å². The van der Waals surface area contributed by atoms with Crippen LogP contribution in [0.3, 0.4) is 0 Å². The summed E-state index contributed by atoms with van der Waals surface area (Å²) in [6.07, 6.45) is 0. The third-order valence-electron chi connectivity index (χ3n) is 3.26. The molecule has 1 N–H and O–H groups in total. The van der Waals surface area contributed by atoms with E-state index in [4.69, 9.17) is 9.47 Å². The normalized spacial score (nSPS) is 10.0. The topological polar surface area (TPSA) is 134 Å². The molecule has 25 heavy (non-hydrogen) atoms. The summed E-state index contributed by atoms with van der Waals surface area (Å²) in [5, 5.41) is 24.4. The first-order valence-corrected chi connectivity index (χ1v) is 6.83. The lowest BCUT2D eigenvalue weighted by molar-refractivity contribution is -0.385. The Morgan fingerprint density at radius 3 is 2.20 bits per heavy atom. The maximum Gasteiger partial charge on any atom is 0.286 e. The highest BCUT2D eigenvalue weighted by molar-refractivity contribution is 6.07. The molecule has 0 heterocycles. The molecule has 0 aliphatic carbocycles. The molecule has 0 bridgehead atoms. The van der Waals surface area contributed by atoms with Crippen molar-refractivity contribution in [2.75, 3.05) is 19.5 Å². The number of methoxy groups -OCH3 is 2. The largest absolute Gasteiger partial charge is 0.493 e. The Balaban J connectivity index is 2.43. The molecule has 0 fully saturated rings. The smallest absolute Gasteiger partial charge is 0.286 e. The molecule has 0 aliphatic heterocycles. The van der Waals surface area contributed by atoms with Crippen LogP contribution in [0, 0.1) is 20.2 Å². The fraction of sp³-hybridized carbons (Fsp3) is 0.133. The molecule has 1 amide bonds. The lowest BCUT2D eigenvalue weighted by Gasteiger charge is -2.11. The summed E-state index contributed by atoms with van der Waals surface area (Å²) in [5.74, 6) is -0.577. The third kappa shape index (κ3) is 3.80.